The lowest BCUT2D eigenvalue weighted by atomic mass is 10.1. The minimum atomic E-state index is -0.0700. The van der Waals surface area contributed by atoms with E-state index in [1.165, 1.54) is 10.9 Å². The fourth-order valence-corrected chi connectivity index (χ4v) is 2.33. The van der Waals surface area contributed by atoms with Gasteiger partial charge in [-0.25, -0.2) is 0 Å². The summed E-state index contributed by atoms with van der Waals surface area (Å²) >= 11 is 0. The highest BCUT2D eigenvalue weighted by Gasteiger charge is 2.17. The molecular weight excluding hydrogens is 254 g/mol. The minimum absolute atomic E-state index is 0.0700. The number of nitrogens with two attached hydrogens (primary N) is 1. The maximum absolute atomic E-state index is 12.3. The van der Waals surface area contributed by atoms with E-state index in [2.05, 4.69) is 10.2 Å². The average molecular weight is 269 g/mol. The molecule has 102 valence electrons. The van der Waals surface area contributed by atoms with E-state index in [1.807, 2.05) is 31.3 Å². The molecule has 0 aliphatic rings. The van der Waals surface area contributed by atoms with Crippen molar-refractivity contribution >= 4 is 22.5 Å². The first-order valence-electron chi connectivity index (χ1n) is 6.29. The Hall–Kier alpha value is -2.63. The van der Waals surface area contributed by atoms with Crippen LogP contribution in [0.2, 0.25) is 0 Å². The average Bonchev–Trinajstić information content (AvgIpc) is 2.93. The van der Waals surface area contributed by atoms with E-state index in [1.54, 1.807) is 11.7 Å². The van der Waals surface area contributed by atoms with Gasteiger partial charge in [0.25, 0.3) is 0 Å². The molecule has 0 amide bonds. The first-order valence-corrected chi connectivity index (χ1v) is 6.29. The molecule has 0 aliphatic heterocycles. The smallest absolute Gasteiger partial charge is 0.174 e. The number of fused-ring (bicyclic) bond motifs is 1. The number of ketones is 1. The molecule has 6 nitrogen and oxygen atoms in total. The number of hydrogen-bond donors (Lipinski definition) is 1. The monoisotopic (exact) mass is 269 g/mol. The summed E-state index contributed by atoms with van der Waals surface area (Å²) in [6.45, 7) is 0. The van der Waals surface area contributed by atoms with Gasteiger partial charge in [0.1, 0.15) is 5.82 Å². The third-order valence-corrected chi connectivity index (χ3v) is 3.45. The van der Waals surface area contributed by atoms with E-state index < -0.39 is 0 Å². The lowest BCUT2D eigenvalue weighted by molar-refractivity contribution is 0.0993. The molecule has 0 spiro atoms. The number of anilines is 1. The van der Waals surface area contributed by atoms with Crippen molar-refractivity contribution in [3.8, 4) is 0 Å². The zero-order valence-corrected chi connectivity index (χ0v) is 11.4. The molecule has 0 atom stereocenters. The number of nitrogen functional groups attached to an aromatic ring is 1. The van der Waals surface area contributed by atoms with E-state index in [0.29, 0.717) is 11.4 Å². The van der Waals surface area contributed by atoms with E-state index in [9.17, 15) is 4.79 Å². The molecule has 0 radical (unpaired) electrons. The molecule has 2 aromatic heterocycles. The van der Waals surface area contributed by atoms with E-state index >= 15 is 0 Å². The highest BCUT2D eigenvalue weighted by molar-refractivity contribution is 6.02. The molecule has 0 bridgehead atoms. The maximum Gasteiger partial charge on any atom is 0.174 e. The quantitative estimate of drug-likeness (QED) is 0.727. The third-order valence-electron chi connectivity index (χ3n) is 3.45. The Kier molecular flexibility index (Phi) is 2.78. The Morgan fingerprint density at radius 2 is 2.00 bits per heavy atom. The number of Topliss-reactive ketones (excluding diaryl/α,β-unsaturated/α-hetero) is 1. The van der Waals surface area contributed by atoms with E-state index in [-0.39, 0.29) is 12.2 Å². The predicted octanol–water partition coefficient (Wildman–Crippen LogP) is 1.31. The number of carbonyl (C=O) groups excluding carboxylic acids is 1. The summed E-state index contributed by atoms with van der Waals surface area (Å²) in [6, 6.07) is 7.84. The number of hydrogen-bond acceptors (Lipinski definition) is 4. The van der Waals surface area contributed by atoms with Crippen molar-refractivity contribution in [3.63, 3.8) is 0 Å². The van der Waals surface area contributed by atoms with Crippen LogP contribution in [0.4, 0.5) is 5.82 Å². The first-order chi connectivity index (χ1) is 9.58. The highest BCUT2D eigenvalue weighted by atomic mass is 16.1. The predicted molar refractivity (Wildman–Crippen MR) is 76.4 cm³/mol. The normalized spacial score (nSPS) is 11.1. The number of benzene rings is 1. The van der Waals surface area contributed by atoms with Crippen LogP contribution in [-0.4, -0.2) is 25.3 Å². The summed E-state index contributed by atoms with van der Waals surface area (Å²) in [5, 5.41) is 9.40. The Balaban J connectivity index is 1.98. The molecule has 1 aromatic carbocycles. The van der Waals surface area contributed by atoms with E-state index in [0.717, 1.165) is 16.6 Å². The van der Waals surface area contributed by atoms with Crippen molar-refractivity contribution in [1.82, 2.24) is 19.6 Å². The second-order valence-electron chi connectivity index (χ2n) is 4.75. The summed E-state index contributed by atoms with van der Waals surface area (Å²) in [5.41, 5.74) is 8.04. The van der Waals surface area contributed by atoms with Crippen LogP contribution in [0.5, 0.6) is 0 Å². The Morgan fingerprint density at radius 3 is 2.70 bits per heavy atom. The topological polar surface area (TPSA) is 78.7 Å². The zero-order valence-electron chi connectivity index (χ0n) is 11.4. The molecule has 0 saturated carbocycles. The fourth-order valence-electron chi connectivity index (χ4n) is 2.33. The molecule has 3 rings (SSSR count). The van der Waals surface area contributed by atoms with Crippen molar-refractivity contribution in [2.75, 3.05) is 5.73 Å². The van der Waals surface area contributed by atoms with Gasteiger partial charge in [-0.15, -0.1) is 0 Å². The van der Waals surface area contributed by atoms with Gasteiger partial charge in [0, 0.05) is 19.5 Å². The number of nitrogens with zero attached hydrogens (tertiary/aromatic N) is 4. The van der Waals surface area contributed by atoms with Crippen LogP contribution in [0, 0.1) is 0 Å². The van der Waals surface area contributed by atoms with Crippen molar-refractivity contribution in [2.24, 2.45) is 14.1 Å². The molecule has 0 fully saturated rings. The number of carbonyl (C=O) groups is 1. The highest BCUT2D eigenvalue weighted by Crippen LogP contribution is 2.20. The Bertz CT molecular complexity index is 799. The van der Waals surface area contributed by atoms with Crippen LogP contribution < -0.4 is 5.73 Å². The Labute approximate surface area is 115 Å². The van der Waals surface area contributed by atoms with Gasteiger partial charge in [0.05, 0.1) is 29.4 Å². The van der Waals surface area contributed by atoms with Gasteiger partial charge in [-0.3, -0.25) is 14.2 Å². The lowest BCUT2D eigenvalue weighted by Crippen LogP contribution is -2.08. The summed E-state index contributed by atoms with van der Waals surface area (Å²) in [5.74, 6) is 0.315. The van der Waals surface area contributed by atoms with Crippen LogP contribution >= 0.6 is 0 Å². The Morgan fingerprint density at radius 1 is 1.25 bits per heavy atom. The lowest BCUT2D eigenvalue weighted by Gasteiger charge is -1.99. The molecule has 3 aromatic rings. The largest absolute Gasteiger partial charge is 0.383 e. The van der Waals surface area contributed by atoms with Crippen molar-refractivity contribution < 1.29 is 4.79 Å². The van der Waals surface area contributed by atoms with Gasteiger partial charge in [0.2, 0.25) is 0 Å². The third kappa shape index (κ3) is 1.85. The van der Waals surface area contributed by atoms with Crippen molar-refractivity contribution in [2.45, 2.75) is 6.42 Å². The summed E-state index contributed by atoms with van der Waals surface area (Å²) in [6.07, 6.45) is 1.72. The fraction of sp³-hybridized carbons (Fsp3) is 0.214. The SMILES string of the molecule is Cn1ncc(C(=O)Cc2nn(C)c3ccccc23)c1N. The van der Waals surface area contributed by atoms with Gasteiger partial charge in [-0.05, 0) is 6.07 Å². The van der Waals surface area contributed by atoms with Gasteiger partial charge in [-0.2, -0.15) is 10.2 Å². The second kappa shape index (κ2) is 4.48. The standard InChI is InChI=1S/C14H15N5O/c1-18-12-6-4-3-5-9(12)11(17-18)7-13(20)10-8-16-19(2)14(10)15/h3-6,8H,7,15H2,1-2H3. The molecule has 2 N–H and O–H groups in total. The molecular formula is C14H15N5O. The number of rotatable bonds is 3. The zero-order chi connectivity index (χ0) is 14.3. The molecule has 6 heteroatoms. The summed E-state index contributed by atoms with van der Waals surface area (Å²) < 4.78 is 3.27. The summed E-state index contributed by atoms with van der Waals surface area (Å²) in [4.78, 5) is 12.3. The number of aromatic nitrogens is 4. The molecule has 2 heterocycles. The molecule has 0 unspecified atom stereocenters. The van der Waals surface area contributed by atoms with E-state index in [4.69, 9.17) is 5.73 Å². The van der Waals surface area contributed by atoms with Crippen LogP contribution in [0.15, 0.2) is 30.5 Å². The van der Waals surface area contributed by atoms with Gasteiger partial charge in [-0.1, -0.05) is 18.2 Å². The minimum Gasteiger partial charge on any atom is -0.383 e. The first kappa shape index (κ1) is 12.4. The number of aryl methyl sites for hydroxylation is 2. The van der Waals surface area contributed by atoms with Crippen LogP contribution in [0.25, 0.3) is 10.9 Å². The van der Waals surface area contributed by atoms with Gasteiger partial charge in [0.15, 0.2) is 5.78 Å². The van der Waals surface area contributed by atoms with Crippen LogP contribution in [0.1, 0.15) is 16.1 Å². The molecule has 0 saturated heterocycles. The van der Waals surface area contributed by atoms with Crippen LogP contribution in [0.3, 0.4) is 0 Å². The molecule has 20 heavy (non-hydrogen) atoms. The van der Waals surface area contributed by atoms with Crippen molar-refractivity contribution in [3.05, 3.63) is 41.7 Å². The van der Waals surface area contributed by atoms with Gasteiger partial charge < -0.3 is 5.73 Å². The summed E-state index contributed by atoms with van der Waals surface area (Å²) in [7, 11) is 3.58. The maximum atomic E-state index is 12.3. The van der Waals surface area contributed by atoms with Crippen LogP contribution in [-0.2, 0) is 20.5 Å². The van der Waals surface area contributed by atoms with Gasteiger partial charge >= 0.3 is 0 Å². The van der Waals surface area contributed by atoms with Crippen molar-refractivity contribution in [1.29, 1.82) is 0 Å². The second-order valence-corrected chi connectivity index (χ2v) is 4.75. The number of para-hydroxylation sites is 1. The molecule has 0 aliphatic carbocycles.